The van der Waals surface area contributed by atoms with Crippen LogP contribution in [0.1, 0.15) is 43.9 Å². The van der Waals surface area contributed by atoms with Crippen molar-refractivity contribution < 1.29 is 4.39 Å². The number of nitrogens with zero attached hydrogens (tertiary/aromatic N) is 1. The van der Waals surface area contributed by atoms with Crippen molar-refractivity contribution in [1.82, 2.24) is 10.2 Å². The van der Waals surface area contributed by atoms with Gasteiger partial charge in [-0.2, -0.15) is 0 Å². The number of likely N-dealkylation sites (tertiary alicyclic amines) is 1. The first-order chi connectivity index (χ1) is 8.96. The van der Waals surface area contributed by atoms with Gasteiger partial charge < -0.3 is 5.32 Å². The van der Waals surface area contributed by atoms with Crippen LogP contribution in [0.15, 0.2) is 18.2 Å². The average molecular weight is 264 g/mol. The summed E-state index contributed by atoms with van der Waals surface area (Å²) in [6, 6.07) is 5.72. The van der Waals surface area contributed by atoms with E-state index in [0.717, 1.165) is 18.7 Å². The van der Waals surface area contributed by atoms with Gasteiger partial charge in [-0.05, 0) is 70.9 Å². The number of benzene rings is 1. The molecule has 1 aromatic carbocycles. The molecule has 1 atom stereocenters. The van der Waals surface area contributed by atoms with Gasteiger partial charge in [0.25, 0.3) is 0 Å². The average Bonchev–Trinajstić information content (AvgIpc) is 2.88. The zero-order valence-electron chi connectivity index (χ0n) is 12.5. The van der Waals surface area contributed by atoms with Gasteiger partial charge in [-0.15, -0.1) is 0 Å². The summed E-state index contributed by atoms with van der Waals surface area (Å²) in [4.78, 5) is 2.51. The second-order valence-electron chi connectivity index (χ2n) is 6.08. The normalized spacial score (nSPS) is 18.8. The van der Waals surface area contributed by atoms with E-state index in [1.165, 1.54) is 12.8 Å². The molecule has 1 unspecified atom stereocenters. The Bertz CT molecular complexity index is 436. The van der Waals surface area contributed by atoms with E-state index in [1.54, 1.807) is 13.0 Å². The van der Waals surface area contributed by atoms with E-state index in [0.29, 0.717) is 5.56 Å². The van der Waals surface area contributed by atoms with Gasteiger partial charge in [0.2, 0.25) is 0 Å². The highest BCUT2D eigenvalue weighted by Gasteiger charge is 2.36. The van der Waals surface area contributed by atoms with Gasteiger partial charge in [0, 0.05) is 11.6 Å². The quantitative estimate of drug-likeness (QED) is 0.898. The molecule has 0 amide bonds. The molecule has 1 heterocycles. The van der Waals surface area contributed by atoms with Gasteiger partial charge in [-0.25, -0.2) is 4.39 Å². The van der Waals surface area contributed by atoms with Crippen LogP contribution in [0.3, 0.4) is 0 Å². The summed E-state index contributed by atoms with van der Waals surface area (Å²) >= 11 is 0. The zero-order chi connectivity index (χ0) is 14.0. The number of halogens is 1. The highest BCUT2D eigenvalue weighted by molar-refractivity contribution is 5.28. The van der Waals surface area contributed by atoms with Crippen molar-refractivity contribution in [3.05, 3.63) is 35.1 Å². The van der Waals surface area contributed by atoms with E-state index < -0.39 is 0 Å². The van der Waals surface area contributed by atoms with Gasteiger partial charge in [0.1, 0.15) is 5.82 Å². The summed E-state index contributed by atoms with van der Waals surface area (Å²) < 4.78 is 13.8. The molecule has 1 aliphatic heterocycles. The van der Waals surface area contributed by atoms with Crippen LogP contribution in [0.5, 0.6) is 0 Å². The van der Waals surface area contributed by atoms with Crippen LogP contribution in [0.4, 0.5) is 4.39 Å². The molecule has 1 fully saturated rings. The molecule has 1 aromatic rings. The predicted molar refractivity (Wildman–Crippen MR) is 77.8 cm³/mol. The largest absolute Gasteiger partial charge is 0.311 e. The fourth-order valence-electron chi connectivity index (χ4n) is 3.19. The van der Waals surface area contributed by atoms with Gasteiger partial charge in [-0.1, -0.05) is 12.1 Å². The van der Waals surface area contributed by atoms with Crippen LogP contribution in [0.2, 0.25) is 0 Å². The van der Waals surface area contributed by atoms with Gasteiger partial charge in [0.15, 0.2) is 0 Å². The number of hydrogen-bond acceptors (Lipinski definition) is 2. The lowest BCUT2D eigenvalue weighted by atomic mass is 9.86. The van der Waals surface area contributed by atoms with Gasteiger partial charge >= 0.3 is 0 Å². The molecule has 19 heavy (non-hydrogen) atoms. The fourth-order valence-corrected chi connectivity index (χ4v) is 3.19. The maximum atomic E-state index is 13.8. The highest BCUT2D eigenvalue weighted by Crippen LogP contribution is 2.33. The summed E-state index contributed by atoms with van der Waals surface area (Å²) in [5, 5.41) is 3.37. The molecule has 2 rings (SSSR count). The minimum absolute atomic E-state index is 0.00700. The van der Waals surface area contributed by atoms with E-state index >= 15 is 0 Å². The maximum Gasteiger partial charge on any atom is 0.126 e. The Labute approximate surface area is 116 Å². The number of nitrogens with one attached hydrogen (secondary N) is 1. The minimum atomic E-state index is -0.116. The fraction of sp³-hybridized carbons (Fsp3) is 0.625. The van der Waals surface area contributed by atoms with E-state index in [-0.39, 0.29) is 17.4 Å². The first-order valence-corrected chi connectivity index (χ1v) is 7.15. The van der Waals surface area contributed by atoms with Gasteiger partial charge in [0.05, 0.1) is 0 Å². The Balaban J connectivity index is 2.29. The Kier molecular flexibility index (Phi) is 4.26. The van der Waals surface area contributed by atoms with Crippen LogP contribution in [-0.2, 0) is 0 Å². The molecule has 0 bridgehead atoms. The molecule has 1 N–H and O–H groups in total. The van der Waals surface area contributed by atoms with E-state index in [9.17, 15) is 4.39 Å². The van der Waals surface area contributed by atoms with Crippen molar-refractivity contribution in [3.8, 4) is 0 Å². The third-order valence-corrected chi connectivity index (χ3v) is 4.45. The van der Waals surface area contributed by atoms with Crippen molar-refractivity contribution in [3.63, 3.8) is 0 Å². The third-order valence-electron chi connectivity index (χ3n) is 4.45. The Morgan fingerprint density at radius 1 is 1.26 bits per heavy atom. The smallest absolute Gasteiger partial charge is 0.126 e. The molecule has 1 aliphatic rings. The molecule has 3 heteroatoms. The molecule has 0 saturated carbocycles. The molecule has 1 saturated heterocycles. The molecular formula is C16H25FN2. The SMILES string of the molecule is CNC(c1ccc(C)c(F)c1)C(C)(C)N1CCCC1. The lowest BCUT2D eigenvalue weighted by molar-refractivity contribution is 0.110. The van der Waals surface area contributed by atoms with Crippen molar-refractivity contribution >= 4 is 0 Å². The van der Waals surface area contributed by atoms with E-state index in [1.807, 2.05) is 19.2 Å². The molecule has 0 aromatic heterocycles. The Hall–Kier alpha value is -0.930. The monoisotopic (exact) mass is 264 g/mol. The summed E-state index contributed by atoms with van der Waals surface area (Å²) in [6.45, 7) is 8.58. The number of hydrogen-bond donors (Lipinski definition) is 1. The van der Waals surface area contributed by atoms with Crippen LogP contribution >= 0.6 is 0 Å². The summed E-state index contributed by atoms with van der Waals surface area (Å²) in [5.74, 6) is -0.116. The zero-order valence-corrected chi connectivity index (χ0v) is 12.5. The van der Waals surface area contributed by atoms with Crippen LogP contribution < -0.4 is 5.32 Å². The van der Waals surface area contributed by atoms with Crippen LogP contribution in [0.25, 0.3) is 0 Å². The van der Waals surface area contributed by atoms with Gasteiger partial charge in [-0.3, -0.25) is 4.90 Å². The van der Waals surface area contributed by atoms with Crippen molar-refractivity contribution in [1.29, 1.82) is 0 Å². The van der Waals surface area contributed by atoms with E-state index in [2.05, 4.69) is 24.1 Å². The van der Waals surface area contributed by atoms with Crippen molar-refractivity contribution in [2.24, 2.45) is 0 Å². The number of rotatable bonds is 4. The second-order valence-corrected chi connectivity index (χ2v) is 6.08. The van der Waals surface area contributed by atoms with Crippen LogP contribution in [0, 0.1) is 12.7 Å². The predicted octanol–water partition coefficient (Wildman–Crippen LogP) is 3.27. The number of likely N-dealkylation sites (N-methyl/N-ethyl adjacent to an activating group) is 1. The first-order valence-electron chi connectivity index (χ1n) is 7.15. The number of aryl methyl sites for hydroxylation is 1. The molecule has 0 spiro atoms. The second kappa shape index (κ2) is 5.59. The lowest BCUT2D eigenvalue weighted by Gasteiger charge is -2.42. The molecule has 0 aliphatic carbocycles. The molecule has 2 nitrogen and oxygen atoms in total. The topological polar surface area (TPSA) is 15.3 Å². The van der Waals surface area contributed by atoms with Crippen molar-refractivity contribution in [2.75, 3.05) is 20.1 Å². The minimum Gasteiger partial charge on any atom is -0.311 e. The molecule has 106 valence electrons. The first kappa shape index (κ1) is 14.5. The van der Waals surface area contributed by atoms with Crippen LogP contribution in [-0.4, -0.2) is 30.6 Å². The van der Waals surface area contributed by atoms with Crippen molar-refractivity contribution in [2.45, 2.75) is 45.2 Å². The maximum absolute atomic E-state index is 13.8. The molecule has 0 radical (unpaired) electrons. The summed E-state index contributed by atoms with van der Waals surface area (Å²) in [5.41, 5.74) is 1.73. The van der Waals surface area contributed by atoms with E-state index in [4.69, 9.17) is 0 Å². The Morgan fingerprint density at radius 2 is 1.89 bits per heavy atom. The highest BCUT2D eigenvalue weighted by atomic mass is 19.1. The summed E-state index contributed by atoms with van der Waals surface area (Å²) in [7, 11) is 1.96. The summed E-state index contributed by atoms with van der Waals surface area (Å²) in [6.07, 6.45) is 2.53. The lowest BCUT2D eigenvalue weighted by Crippen LogP contribution is -2.50. The Morgan fingerprint density at radius 3 is 2.42 bits per heavy atom. The standard InChI is InChI=1S/C16H25FN2/c1-12-7-8-13(11-14(12)17)15(18-4)16(2,3)19-9-5-6-10-19/h7-8,11,15,18H,5-6,9-10H2,1-4H3. The molecular weight excluding hydrogens is 239 g/mol. The third kappa shape index (κ3) is 2.82.